The summed E-state index contributed by atoms with van der Waals surface area (Å²) >= 11 is 0. The molecule has 2 rings (SSSR count). The molecule has 1 aromatic carbocycles. The lowest BCUT2D eigenvalue weighted by atomic mass is 10.1. The van der Waals surface area contributed by atoms with E-state index in [1.807, 2.05) is 19.2 Å². The van der Waals surface area contributed by atoms with Gasteiger partial charge in [-0.3, -0.25) is 4.90 Å². The Morgan fingerprint density at radius 3 is 2.61 bits per heavy atom. The Morgan fingerprint density at radius 1 is 1.28 bits per heavy atom. The van der Waals surface area contributed by atoms with Crippen LogP contribution in [0.25, 0.3) is 0 Å². The van der Waals surface area contributed by atoms with Crippen LogP contribution in [-0.4, -0.2) is 38.7 Å². The molecule has 3 heteroatoms. The molecule has 1 aliphatic heterocycles. The van der Waals surface area contributed by atoms with Gasteiger partial charge >= 0.3 is 0 Å². The zero-order chi connectivity index (χ0) is 12.8. The molecule has 0 unspecified atom stereocenters. The minimum Gasteiger partial charge on any atom is -0.497 e. The standard InChI is InChI=1S/C15H22N2O/c1-16-11-13-7-9-17(10-8-13)12-14-3-5-15(18-2)6-4-14/h3-7,16H,8-12H2,1-2H3. The molecule has 18 heavy (non-hydrogen) atoms. The van der Waals surface area contributed by atoms with Crippen LogP contribution in [0.5, 0.6) is 5.75 Å². The van der Waals surface area contributed by atoms with Crippen LogP contribution in [-0.2, 0) is 6.54 Å². The molecule has 0 saturated heterocycles. The largest absolute Gasteiger partial charge is 0.497 e. The zero-order valence-electron chi connectivity index (χ0n) is 11.3. The van der Waals surface area contributed by atoms with Crippen molar-refractivity contribution in [2.75, 3.05) is 33.8 Å². The Labute approximate surface area is 109 Å². The Kier molecular flexibility index (Phi) is 4.79. The first kappa shape index (κ1) is 13.1. The van der Waals surface area contributed by atoms with Crippen LogP contribution in [0.2, 0.25) is 0 Å². The van der Waals surface area contributed by atoms with Gasteiger partial charge in [0.2, 0.25) is 0 Å². The van der Waals surface area contributed by atoms with Gasteiger partial charge in [-0.1, -0.05) is 23.8 Å². The lowest BCUT2D eigenvalue weighted by molar-refractivity contribution is 0.284. The molecule has 0 atom stereocenters. The number of likely N-dealkylation sites (N-methyl/N-ethyl adjacent to an activating group) is 1. The van der Waals surface area contributed by atoms with E-state index in [4.69, 9.17) is 4.74 Å². The predicted octanol–water partition coefficient (Wildman–Crippen LogP) is 2.05. The maximum atomic E-state index is 5.17. The number of hydrogen-bond acceptors (Lipinski definition) is 3. The fraction of sp³-hybridized carbons (Fsp3) is 0.467. The van der Waals surface area contributed by atoms with Crippen LogP contribution in [0.4, 0.5) is 0 Å². The summed E-state index contributed by atoms with van der Waals surface area (Å²) in [6.45, 7) is 4.26. The summed E-state index contributed by atoms with van der Waals surface area (Å²) in [7, 11) is 3.71. The van der Waals surface area contributed by atoms with Gasteiger partial charge in [0, 0.05) is 26.2 Å². The molecule has 1 aliphatic rings. The van der Waals surface area contributed by atoms with Gasteiger partial charge in [-0.15, -0.1) is 0 Å². The third kappa shape index (κ3) is 3.59. The summed E-state index contributed by atoms with van der Waals surface area (Å²) in [4.78, 5) is 2.47. The normalized spacial score (nSPS) is 16.4. The van der Waals surface area contributed by atoms with Crippen molar-refractivity contribution in [2.24, 2.45) is 0 Å². The van der Waals surface area contributed by atoms with E-state index in [1.165, 1.54) is 17.6 Å². The first-order valence-corrected chi connectivity index (χ1v) is 6.49. The number of hydrogen-bond donors (Lipinski definition) is 1. The SMILES string of the molecule is CNCC1=CCN(Cc2ccc(OC)cc2)CC1. The van der Waals surface area contributed by atoms with E-state index in [0.717, 1.165) is 31.9 Å². The zero-order valence-corrected chi connectivity index (χ0v) is 11.3. The minimum atomic E-state index is 0.925. The molecule has 0 aliphatic carbocycles. The average molecular weight is 246 g/mol. The molecule has 0 saturated carbocycles. The van der Waals surface area contributed by atoms with E-state index in [2.05, 4.69) is 28.4 Å². The number of nitrogens with zero attached hydrogens (tertiary/aromatic N) is 1. The maximum Gasteiger partial charge on any atom is 0.118 e. The third-order valence-electron chi connectivity index (χ3n) is 3.36. The lowest BCUT2D eigenvalue weighted by Crippen LogP contribution is -2.30. The van der Waals surface area contributed by atoms with Crippen LogP contribution in [0.1, 0.15) is 12.0 Å². The van der Waals surface area contributed by atoms with Gasteiger partial charge in [-0.05, 0) is 31.2 Å². The number of rotatable bonds is 5. The second-order valence-electron chi connectivity index (χ2n) is 4.73. The predicted molar refractivity (Wildman–Crippen MR) is 74.9 cm³/mol. The van der Waals surface area contributed by atoms with Crippen LogP contribution in [0.15, 0.2) is 35.9 Å². The highest BCUT2D eigenvalue weighted by Crippen LogP contribution is 2.16. The van der Waals surface area contributed by atoms with Gasteiger partial charge in [0.15, 0.2) is 0 Å². The van der Waals surface area contributed by atoms with Crippen LogP contribution in [0.3, 0.4) is 0 Å². The quantitative estimate of drug-likeness (QED) is 0.805. The Morgan fingerprint density at radius 2 is 2.06 bits per heavy atom. The summed E-state index contributed by atoms with van der Waals surface area (Å²) < 4.78 is 5.17. The van der Waals surface area contributed by atoms with E-state index in [0.29, 0.717) is 0 Å². The molecule has 1 aromatic rings. The minimum absolute atomic E-state index is 0.925. The van der Waals surface area contributed by atoms with E-state index >= 15 is 0 Å². The van der Waals surface area contributed by atoms with Crippen molar-refractivity contribution in [2.45, 2.75) is 13.0 Å². The number of methoxy groups -OCH3 is 1. The van der Waals surface area contributed by atoms with Gasteiger partial charge < -0.3 is 10.1 Å². The fourth-order valence-electron chi connectivity index (χ4n) is 2.27. The van der Waals surface area contributed by atoms with Crippen molar-refractivity contribution in [1.29, 1.82) is 0 Å². The highest BCUT2D eigenvalue weighted by Gasteiger charge is 2.11. The summed E-state index contributed by atoms with van der Waals surface area (Å²) in [5.41, 5.74) is 2.88. The average Bonchev–Trinajstić information content (AvgIpc) is 2.42. The Hall–Kier alpha value is -1.32. The van der Waals surface area contributed by atoms with Crippen LogP contribution >= 0.6 is 0 Å². The number of nitrogens with one attached hydrogen (secondary N) is 1. The second kappa shape index (κ2) is 6.57. The smallest absolute Gasteiger partial charge is 0.118 e. The van der Waals surface area contributed by atoms with Gasteiger partial charge in [-0.2, -0.15) is 0 Å². The Balaban J connectivity index is 1.87. The molecule has 0 amide bonds. The maximum absolute atomic E-state index is 5.17. The molecule has 0 bridgehead atoms. The highest BCUT2D eigenvalue weighted by molar-refractivity contribution is 5.27. The summed E-state index contributed by atoms with van der Waals surface area (Å²) in [6, 6.07) is 8.35. The Bertz CT molecular complexity index is 397. The van der Waals surface area contributed by atoms with Gasteiger partial charge in [0.25, 0.3) is 0 Å². The van der Waals surface area contributed by atoms with Crippen molar-refractivity contribution < 1.29 is 4.74 Å². The first-order valence-electron chi connectivity index (χ1n) is 6.49. The molecule has 1 N–H and O–H groups in total. The van der Waals surface area contributed by atoms with Crippen LogP contribution < -0.4 is 10.1 Å². The lowest BCUT2D eigenvalue weighted by Gasteiger charge is -2.26. The van der Waals surface area contributed by atoms with E-state index in [9.17, 15) is 0 Å². The number of benzene rings is 1. The van der Waals surface area contributed by atoms with Gasteiger partial charge in [0.05, 0.1) is 7.11 Å². The molecular formula is C15H22N2O. The van der Waals surface area contributed by atoms with Crippen molar-refractivity contribution in [1.82, 2.24) is 10.2 Å². The third-order valence-corrected chi connectivity index (χ3v) is 3.36. The van der Waals surface area contributed by atoms with Crippen LogP contribution in [0, 0.1) is 0 Å². The van der Waals surface area contributed by atoms with Gasteiger partial charge in [0.1, 0.15) is 5.75 Å². The molecule has 0 fully saturated rings. The van der Waals surface area contributed by atoms with Crippen molar-refractivity contribution in [3.05, 3.63) is 41.5 Å². The molecule has 1 heterocycles. The molecule has 3 nitrogen and oxygen atoms in total. The molecule has 98 valence electrons. The van der Waals surface area contributed by atoms with E-state index < -0.39 is 0 Å². The van der Waals surface area contributed by atoms with Crippen molar-refractivity contribution in [3.8, 4) is 5.75 Å². The number of ether oxygens (including phenoxy) is 1. The summed E-state index contributed by atoms with van der Waals surface area (Å²) in [6.07, 6.45) is 3.53. The summed E-state index contributed by atoms with van der Waals surface area (Å²) in [5.74, 6) is 0.925. The summed E-state index contributed by atoms with van der Waals surface area (Å²) in [5, 5.41) is 3.21. The second-order valence-corrected chi connectivity index (χ2v) is 4.73. The molecular weight excluding hydrogens is 224 g/mol. The van der Waals surface area contributed by atoms with E-state index in [1.54, 1.807) is 7.11 Å². The van der Waals surface area contributed by atoms with Crippen molar-refractivity contribution >= 4 is 0 Å². The first-order chi connectivity index (χ1) is 8.81. The topological polar surface area (TPSA) is 24.5 Å². The molecule has 0 aromatic heterocycles. The van der Waals surface area contributed by atoms with Gasteiger partial charge in [-0.25, -0.2) is 0 Å². The van der Waals surface area contributed by atoms with E-state index in [-0.39, 0.29) is 0 Å². The monoisotopic (exact) mass is 246 g/mol. The van der Waals surface area contributed by atoms with Crippen molar-refractivity contribution in [3.63, 3.8) is 0 Å². The fourth-order valence-corrected chi connectivity index (χ4v) is 2.27. The highest BCUT2D eigenvalue weighted by atomic mass is 16.5. The molecule has 0 radical (unpaired) electrons. The molecule has 0 spiro atoms.